The Morgan fingerprint density at radius 3 is 2.48 bits per heavy atom. The van der Waals surface area contributed by atoms with Crippen molar-refractivity contribution in [2.24, 2.45) is 0 Å². The second-order valence-corrected chi connectivity index (χ2v) is 6.38. The third-order valence-electron chi connectivity index (χ3n) is 3.48. The van der Waals surface area contributed by atoms with Gasteiger partial charge in [0.15, 0.2) is 0 Å². The monoisotopic (exact) mass is 278 g/mol. The minimum absolute atomic E-state index is 0.0840. The molecule has 2 rings (SSSR count). The number of ether oxygens (including phenoxy) is 1. The van der Waals surface area contributed by atoms with Gasteiger partial charge in [-0.15, -0.1) is 6.42 Å². The fourth-order valence-corrected chi connectivity index (χ4v) is 2.20. The maximum Gasteiger partial charge on any atom is 0.135 e. The van der Waals surface area contributed by atoms with Gasteiger partial charge in [-0.25, -0.2) is 0 Å². The van der Waals surface area contributed by atoms with Gasteiger partial charge in [-0.05, 0) is 35.6 Å². The average molecular weight is 278 g/mol. The van der Waals surface area contributed by atoms with Crippen LogP contribution < -0.4 is 4.74 Å². The fourth-order valence-electron chi connectivity index (χ4n) is 2.20. The summed E-state index contributed by atoms with van der Waals surface area (Å²) in [5.74, 6) is 3.50. The molecule has 0 amide bonds. The third kappa shape index (κ3) is 3.89. The lowest BCUT2D eigenvalue weighted by Crippen LogP contribution is -2.11. The summed E-state index contributed by atoms with van der Waals surface area (Å²) in [4.78, 5) is 0. The molecular weight excluding hydrogens is 256 g/mol. The molecule has 0 radical (unpaired) electrons. The van der Waals surface area contributed by atoms with Crippen LogP contribution in [0, 0.1) is 19.3 Å². The van der Waals surface area contributed by atoms with Gasteiger partial charge in [0, 0.05) is 0 Å². The van der Waals surface area contributed by atoms with Crippen molar-refractivity contribution in [2.75, 3.05) is 0 Å². The Morgan fingerprint density at radius 2 is 1.86 bits per heavy atom. The molecule has 0 saturated carbocycles. The predicted octanol–water partition coefficient (Wildman–Crippen LogP) is 4.85. The topological polar surface area (TPSA) is 9.23 Å². The Bertz CT molecular complexity index is 669. The molecule has 0 aliphatic carbocycles. The highest BCUT2D eigenvalue weighted by Gasteiger charge is 2.15. The minimum atomic E-state index is 0.0840. The van der Waals surface area contributed by atoms with E-state index in [1.165, 1.54) is 11.1 Å². The summed E-state index contributed by atoms with van der Waals surface area (Å²) in [7, 11) is 0. The molecule has 2 aromatic carbocycles. The first kappa shape index (κ1) is 15.2. The van der Waals surface area contributed by atoms with Crippen molar-refractivity contribution in [1.29, 1.82) is 0 Å². The minimum Gasteiger partial charge on any atom is -0.488 e. The van der Waals surface area contributed by atoms with Crippen LogP contribution >= 0.6 is 0 Å². The first-order valence-corrected chi connectivity index (χ1v) is 7.19. The molecule has 0 bridgehead atoms. The molecule has 0 atom stereocenters. The van der Waals surface area contributed by atoms with Crippen LogP contribution in [0.4, 0.5) is 0 Å². The smallest absolute Gasteiger partial charge is 0.135 e. The molecule has 0 spiro atoms. The number of hydrogen-bond acceptors (Lipinski definition) is 1. The molecule has 0 heterocycles. The maximum absolute atomic E-state index is 5.89. The van der Waals surface area contributed by atoms with Gasteiger partial charge in [-0.2, -0.15) is 0 Å². The summed E-state index contributed by atoms with van der Waals surface area (Å²) in [5, 5.41) is 0. The fraction of sp³-hybridized carbons (Fsp3) is 0.300. The van der Waals surface area contributed by atoms with E-state index in [-0.39, 0.29) is 5.41 Å². The number of terminal acetylenes is 1. The zero-order valence-corrected chi connectivity index (χ0v) is 13.2. The largest absolute Gasteiger partial charge is 0.488 e. The van der Waals surface area contributed by atoms with Crippen LogP contribution in [0.3, 0.4) is 0 Å². The van der Waals surface area contributed by atoms with Crippen LogP contribution in [-0.2, 0) is 12.0 Å². The molecule has 0 aliphatic heterocycles. The number of rotatable bonds is 3. The molecule has 0 saturated heterocycles. The van der Waals surface area contributed by atoms with E-state index in [0.717, 1.165) is 16.9 Å². The van der Waals surface area contributed by atoms with Gasteiger partial charge in [-0.1, -0.05) is 62.6 Å². The van der Waals surface area contributed by atoms with E-state index in [1.54, 1.807) is 0 Å². The summed E-state index contributed by atoms with van der Waals surface area (Å²) in [6.07, 6.45) is 5.63. The molecular formula is C20H22O. The summed E-state index contributed by atoms with van der Waals surface area (Å²) in [6.45, 7) is 9.14. The molecule has 0 unspecified atom stereocenters. The van der Waals surface area contributed by atoms with E-state index in [1.807, 2.05) is 18.2 Å². The van der Waals surface area contributed by atoms with Crippen LogP contribution in [0.25, 0.3) is 0 Å². The maximum atomic E-state index is 5.89. The van der Waals surface area contributed by atoms with Crippen molar-refractivity contribution in [3.63, 3.8) is 0 Å². The highest BCUT2D eigenvalue weighted by Crippen LogP contribution is 2.28. The van der Waals surface area contributed by atoms with Gasteiger partial charge in [0.05, 0.1) is 5.56 Å². The quantitative estimate of drug-likeness (QED) is 0.729. The highest BCUT2D eigenvalue weighted by molar-refractivity contribution is 5.48. The van der Waals surface area contributed by atoms with E-state index in [0.29, 0.717) is 6.61 Å². The number of hydrogen-bond donors (Lipinski definition) is 0. The van der Waals surface area contributed by atoms with Crippen molar-refractivity contribution in [3.8, 4) is 18.1 Å². The van der Waals surface area contributed by atoms with Gasteiger partial charge >= 0.3 is 0 Å². The Kier molecular flexibility index (Phi) is 4.38. The molecule has 0 aliphatic rings. The van der Waals surface area contributed by atoms with Crippen molar-refractivity contribution in [3.05, 3.63) is 64.7 Å². The third-order valence-corrected chi connectivity index (χ3v) is 3.48. The first-order chi connectivity index (χ1) is 9.90. The zero-order valence-electron chi connectivity index (χ0n) is 13.2. The summed E-state index contributed by atoms with van der Waals surface area (Å²) < 4.78 is 5.89. The van der Waals surface area contributed by atoms with Crippen molar-refractivity contribution < 1.29 is 4.74 Å². The Morgan fingerprint density at radius 1 is 1.10 bits per heavy atom. The van der Waals surface area contributed by atoms with Crippen LogP contribution in [0.15, 0.2) is 42.5 Å². The molecule has 108 valence electrons. The van der Waals surface area contributed by atoms with Crippen LogP contribution in [0.1, 0.15) is 43.0 Å². The molecule has 2 aromatic rings. The lowest BCUT2D eigenvalue weighted by Gasteiger charge is -2.20. The van der Waals surface area contributed by atoms with Crippen molar-refractivity contribution in [1.82, 2.24) is 0 Å². The highest BCUT2D eigenvalue weighted by atomic mass is 16.5. The SMILES string of the molecule is C#Cc1cc(C(C)(C)C)ccc1OCc1cccc(C)c1. The molecule has 0 N–H and O–H groups in total. The van der Waals surface area contributed by atoms with Gasteiger partial charge in [0.2, 0.25) is 0 Å². The molecule has 1 heteroatoms. The van der Waals surface area contributed by atoms with E-state index < -0.39 is 0 Å². The number of benzene rings is 2. The van der Waals surface area contributed by atoms with Crippen LogP contribution in [0.5, 0.6) is 5.75 Å². The normalized spacial score (nSPS) is 11.0. The molecule has 0 aromatic heterocycles. The van der Waals surface area contributed by atoms with Gasteiger partial charge in [-0.3, -0.25) is 0 Å². The standard InChI is InChI=1S/C20H22O/c1-6-17-13-18(20(3,4)5)10-11-19(17)21-14-16-9-7-8-15(2)12-16/h1,7-13H,14H2,2-5H3. The van der Waals surface area contributed by atoms with E-state index in [4.69, 9.17) is 11.2 Å². The predicted molar refractivity (Wildman–Crippen MR) is 88.6 cm³/mol. The molecule has 21 heavy (non-hydrogen) atoms. The lowest BCUT2D eigenvalue weighted by atomic mass is 9.86. The summed E-state index contributed by atoms with van der Waals surface area (Å²) in [6, 6.07) is 14.4. The van der Waals surface area contributed by atoms with Gasteiger partial charge < -0.3 is 4.74 Å². The number of aryl methyl sites for hydroxylation is 1. The molecule has 1 nitrogen and oxygen atoms in total. The average Bonchev–Trinajstić information content (AvgIpc) is 2.44. The zero-order chi connectivity index (χ0) is 15.5. The Hall–Kier alpha value is -2.20. The van der Waals surface area contributed by atoms with E-state index >= 15 is 0 Å². The van der Waals surface area contributed by atoms with E-state index in [2.05, 4.69) is 57.9 Å². The van der Waals surface area contributed by atoms with Crippen LogP contribution in [0.2, 0.25) is 0 Å². The Balaban J connectivity index is 2.19. The molecule has 0 fully saturated rings. The van der Waals surface area contributed by atoms with Crippen molar-refractivity contribution in [2.45, 2.75) is 39.7 Å². The first-order valence-electron chi connectivity index (χ1n) is 7.19. The summed E-state index contributed by atoms with van der Waals surface area (Å²) >= 11 is 0. The Labute approximate surface area is 128 Å². The lowest BCUT2D eigenvalue weighted by molar-refractivity contribution is 0.305. The second-order valence-electron chi connectivity index (χ2n) is 6.38. The van der Waals surface area contributed by atoms with Crippen LogP contribution in [-0.4, -0.2) is 0 Å². The van der Waals surface area contributed by atoms with E-state index in [9.17, 15) is 0 Å². The second kappa shape index (κ2) is 6.06. The van der Waals surface area contributed by atoms with Gasteiger partial charge in [0.1, 0.15) is 12.4 Å². The van der Waals surface area contributed by atoms with Gasteiger partial charge in [0.25, 0.3) is 0 Å². The van der Waals surface area contributed by atoms with Crippen molar-refractivity contribution >= 4 is 0 Å². The summed E-state index contributed by atoms with van der Waals surface area (Å²) in [5.41, 5.74) is 4.50.